The van der Waals surface area contributed by atoms with Crippen LogP contribution in [0, 0.1) is 0 Å². The minimum Gasteiger partial charge on any atom is -0.334 e. The maximum absolute atomic E-state index is 4.33. The zero-order valence-corrected chi connectivity index (χ0v) is 11.1. The first-order valence-corrected chi connectivity index (χ1v) is 7.03. The van der Waals surface area contributed by atoms with Gasteiger partial charge in [0.25, 0.3) is 0 Å². The van der Waals surface area contributed by atoms with Crippen LogP contribution in [0.5, 0.6) is 0 Å². The molecule has 1 saturated heterocycles. The second-order valence-corrected chi connectivity index (χ2v) is 5.17. The molecule has 0 aliphatic carbocycles. The first kappa shape index (κ1) is 12.4. The highest BCUT2D eigenvalue weighted by Gasteiger charge is 2.18. The summed E-state index contributed by atoms with van der Waals surface area (Å²) in [6, 6.07) is 4.13. The van der Waals surface area contributed by atoms with Gasteiger partial charge in [0.1, 0.15) is 0 Å². The molecule has 19 heavy (non-hydrogen) atoms. The van der Waals surface area contributed by atoms with Crippen molar-refractivity contribution in [1.29, 1.82) is 0 Å². The molecular formula is C15H20N4. The van der Waals surface area contributed by atoms with E-state index in [1.807, 2.05) is 31.0 Å². The molecule has 0 radical (unpaired) electrons. The van der Waals surface area contributed by atoms with Crippen LogP contribution >= 0.6 is 0 Å². The summed E-state index contributed by atoms with van der Waals surface area (Å²) < 4.78 is 2.30. The Hall–Kier alpha value is -1.68. The van der Waals surface area contributed by atoms with Crippen molar-refractivity contribution < 1.29 is 0 Å². The molecule has 0 saturated carbocycles. The van der Waals surface area contributed by atoms with Crippen LogP contribution in [0.4, 0.5) is 0 Å². The van der Waals surface area contributed by atoms with Crippen molar-refractivity contribution in [2.24, 2.45) is 0 Å². The Balaban J connectivity index is 1.66. The Morgan fingerprint density at radius 2 is 2.32 bits per heavy atom. The number of hydrogen-bond donors (Lipinski definition) is 1. The van der Waals surface area contributed by atoms with E-state index in [4.69, 9.17) is 0 Å². The van der Waals surface area contributed by atoms with Crippen LogP contribution in [0.25, 0.3) is 0 Å². The van der Waals surface area contributed by atoms with Crippen molar-refractivity contribution in [3.05, 3.63) is 48.3 Å². The summed E-state index contributed by atoms with van der Waals surface area (Å²) in [4.78, 5) is 8.49. The van der Waals surface area contributed by atoms with Crippen LogP contribution in [-0.4, -0.2) is 27.6 Å². The molecule has 0 spiro atoms. The fourth-order valence-corrected chi connectivity index (χ4v) is 2.76. The lowest BCUT2D eigenvalue weighted by molar-refractivity contribution is 0.440. The third-order valence-corrected chi connectivity index (χ3v) is 3.82. The molecule has 4 nitrogen and oxygen atoms in total. The Morgan fingerprint density at radius 1 is 1.32 bits per heavy atom. The number of nitrogens with zero attached hydrogens (tertiary/aromatic N) is 3. The highest BCUT2D eigenvalue weighted by Crippen LogP contribution is 2.23. The molecule has 100 valence electrons. The van der Waals surface area contributed by atoms with E-state index >= 15 is 0 Å². The second kappa shape index (κ2) is 5.97. The summed E-state index contributed by atoms with van der Waals surface area (Å²) in [5.41, 5.74) is 2.65. The van der Waals surface area contributed by atoms with Crippen molar-refractivity contribution in [2.75, 3.05) is 13.1 Å². The number of aryl methyl sites for hydroxylation is 2. The average Bonchev–Trinajstić information content (AvgIpc) is 2.95. The smallest absolute Gasteiger partial charge is 0.0948 e. The number of piperidine rings is 1. The lowest BCUT2D eigenvalue weighted by Gasteiger charge is -2.23. The van der Waals surface area contributed by atoms with Crippen molar-refractivity contribution in [1.82, 2.24) is 19.9 Å². The number of hydrogen-bond acceptors (Lipinski definition) is 3. The average molecular weight is 256 g/mol. The van der Waals surface area contributed by atoms with Gasteiger partial charge in [-0.2, -0.15) is 0 Å². The maximum atomic E-state index is 4.33. The number of aromatic nitrogens is 3. The van der Waals surface area contributed by atoms with E-state index in [1.54, 1.807) is 0 Å². The van der Waals surface area contributed by atoms with E-state index in [-0.39, 0.29) is 0 Å². The van der Waals surface area contributed by atoms with Gasteiger partial charge in [0.15, 0.2) is 0 Å². The highest BCUT2D eigenvalue weighted by molar-refractivity contribution is 5.11. The summed E-state index contributed by atoms with van der Waals surface area (Å²) >= 11 is 0. The normalized spacial score (nSPS) is 19.5. The van der Waals surface area contributed by atoms with Crippen molar-refractivity contribution in [2.45, 2.75) is 31.7 Å². The predicted octanol–water partition coefficient (Wildman–Crippen LogP) is 1.99. The molecule has 1 unspecified atom stereocenters. The van der Waals surface area contributed by atoms with Gasteiger partial charge in [0, 0.05) is 43.3 Å². The van der Waals surface area contributed by atoms with Gasteiger partial charge >= 0.3 is 0 Å². The molecule has 3 rings (SSSR count). The molecule has 1 fully saturated rings. The van der Waals surface area contributed by atoms with Gasteiger partial charge in [-0.1, -0.05) is 6.07 Å². The lowest BCUT2D eigenvalue weighted by atomic mass is 9.96. The van der Waals surface area contributed by atoms with Crippen LogP contribution in [0.3, 0.4) is 0 Å². The molecule has 1 aliphatic rings. The third-order valence-electron chi connectivity index (χ3n) is 3.82. The van der Waals surface area contributed by atoms with Crippen molar-refractivity contribution >= 4 is 0 Å². The van der Waals surface area contributed by atoms with Gasteiger partial charge < -0.3 is 9.88 Å². The molecule has 4 heteroatoms. The zero-order chi connectivity index (χ0) is 12.9. The summed E-state index contributed by atoms with van der Waals surface area (Å²) in [6.07, 6.45) is 11.3. The fraction of sp³-hybridized carbons (Fsp3) is 0.467. The highest BCUT2D eigenvalue weighted by atomic mass is 15.1. The van der Waals surface area contributed by atoms with E-state index in [2.05, 4.69) is 25.9 Å². The Labute approximate surface area is 113 Å². The van der Waals surface area contributed by atoms with E-state index in [9.17, 15) is 0 Å². The van der Waals surface area contributed by atoms with E-state index < -0.39 is 0 Å². The van der Waals surface area contributed by atoms with E-state index in [0.29, 0.717) is 5.92 Å². The lowest BCUT2D eigenvalue weighted by Crippen LogP contribution is -2.29. The molecule has 3 heterocycles. The first-order valence-electron chi connectivity index (χ1n) is 7.03. The zero-order valence-electron chi connectivity index (χ0n) is 11.1. The summed E-state index contributed by atoms with van der Waals surface area (Å²) in [6.45, 7) is 3.22. The van der Waals surface area contributed by atoms with Gasteiger partial charge in [-0.05, 0) is 37.4 Å². The molecule has 1 atom stereocenters. The summed E-state index contributed by atoms with van der Waals surface area (Å²) in [5.74, 6) is 0.616. The molecule has 0 amide bonds. The predicted molar refractivity (Wildman–Crippen MR) is 75.0 cm³/mol. The molecule has 1 N–H and O–H groups in total. The largest absolute Gasteiger partial charge is 0.334 e. The summed E-state index contributed by atoms with van der Waals surface area (Å²) in [5, 5.41) is 3.47. The summed E-state index contributed by atoms with van der Waals surface area (Å²) in [7, 11) is 0. The molecule has 0 aromatic carbocycles. The van der Waals surface area contributed by atoms with E-state index in [1.165, 1.54) is 24.1 Å². The standard InChI is InChI=1S/C15H20N4/c1-3-13(9-16-6-1)5-8-19-12-18-11-15(19)14-4-2-7-17-10-14/h1,3,6,9,11-12,14,17H,2,4-5,7-8,10H2. The van der Waals surface area contributed by atoms with Gasteiger partial charge in [-0.25, -0.2) is 4.98 Å². The van der Waals surface area contributed by atoms with Crippen LogP contribution in [-0.2, 0) is 13.0 Å². The monoisotopic (exact) mass is 256 g/mol. The molecule has 2 aromatic heterocycles. The molecule has 1 aliphatic heterocycles. The molecular weight excluding hydrogens is 236 g/mol. The van der Waals surface area contributed by atoms with Crippen LogP contribution in [0.2, 0.25) is 0 Å². The first-order chi connectivity index (χ1) is 9.43. The Kier molecular flexibility index (Phi) is 3.89. The molecule has 2 aromatic rings. The van der Waals surface area contributed by atoms with Gasteiger partial charge in [0.05, 0.1) is 6.33 Å². The topological polar surface area (TPSA) is 42.7 Å². The minimum absolute atomic E-state index is 0.616. The fourth-order valence-electron chi connectivity index (χ4n) is 2.76. The maximum Gasteiger partial charge on any atom is 0.0948 e. The van der Waals surface area contributed by atoms with E-state index in [0.717, 1.165) is 26.1 Å². The quantitative estimate of drug-likeness (QED) is 0.909. The third kappa shape index (κ3) is 3.01. The minimum atomic E-state index is 0.616. The van der Waals surface area contributed by atoms with Crippen LogP contribution < -0.4 is 5.32 Å². The van der Waals surface area contributed by atoms with Crippen molar-refractivity contribution in [3.8, 4) is 0 Å². The molecule has 0 bridgehead atoms. The number of rotatable bonds is 4. The number of pyridine rings is 1. The van der Waals surface area contributed by atoms with Crippen molar-refractivity contribution in [3.63, 3.8) is 0 Å². The Bertz CT molecular complexity index is 500. The van der Waals surface area contributed by atoms with Gasteiger partial charge in [-0.15, -0.1) is 0 Å². The number of imidazole rings is 1. The van der Waals surface area contributed by atoms with Gasteiger partial charge in [-0.3, -0.25) is 4.98 Å². The van der Waals surface area contributed by atoms with Crippen LogP contribution in [0.1, 0.15) is 30.0 Å². The Morgan fingerprint density at radius 3 is 3.11 bits per heavy atom. The number of nitrogens with one attached hydrogen (secondary N) is 1. The SMILES string of the molecule is c1cncc(CCn2cncc2C2CCCNC2)c1. The van der Waals surface area contributed by atoms with Gasteiger partial charge in [0.2, 0.25) is 0 Å². The second-order valence-electron chi connectivity index (χ2n) is 5.17. The van der Waals surface area contributed by atoms with Crippen LogP contribution in [0.15, 0.2) is 37.1 Å².